The van der Waals surface area contributed by atoms with Crippen LogP contribution in [0.2, 0.25) is 0 Å². The second-order valence-corrected chi connectivity index (χ2v) is 8.89. The van der Waals surface area contributed by atoms with Gasteiger partial charge in [0.2, 0.25) is 0 Å². The Bertz CT molecular complexity index is 901. The lowest BCUT2D eigenvalue weighted by atomic mass is 9.48. The van der Waals surface area contributed by atoms with E-state index in [1.54, 1.807) is 18.3 Å². The van der Waals surface area contributed by atoms with Gasteiger partial charge >= 0.3 is 0 Å². The van der Waals surface area contributed by atoms with Crippen LogP contribution in [0.25, 0.3) is 0 Å². The van der Waals surface area contributed by atoms with Crippen molar-refractivity contribution >= 4 is 11.9 Å². The topological polar surface area (TPSA) is 56.4 Å². The molecule has 0 atom stereocenters. The highest BCUT2D eigenvalue weighted by Crippen LogP contribution is 2.60. The van der Waals surface area contributed by atoms with Crippen molar-refractivity contribution in [3.05, 3.63) is 59.2 Å². The molecule has 3 heteroatoms. The molecule has 1 N–H and O–H groups in total. The lowest BCUT2D eigenvalue weighted by Gasteiger charge is -2.57. The van der Waals surface area contributed by atoms with Crippen molar-refractivity contribution in [2.75, 3.05) is 0 Å². The number of phenolic OH excluding ortho intramolecular Hbond substituents is 1. The Kier molecular flexibility index (Phi) is 3.82. The molecule has 4 fully saturated rings. The van der Waals surface area contributed by atoms with Crippen LogP contribution in [0.3, 0.4) is 0 Å². The van der Waals surface area contributed by atoms with Crippen LogP contribution in [0, 0.1) is 29.1 Å². The van der Waals surface area contributed by atoms with E-state index in [-0.39, 0.29) is 5.75 Å². The monoisotopic (exact) mass is 356 g/mol. The normalized spacial score (nSPS) is 31.3. The van der Waals surface area contributed by atoms with Gasteiger partial charge in [0.1, 0.15) is 5.75 Å². The van der Waals surface area contributed by atoms with Gasteiger partial charge in [-0.3, -0.25) is 4.99 Å². The van der Waals surface area contributed by atoms with Gasteiger partial charge in [0.25, 0.3) is 0 Å². The molecule has 4 bridgehead atoms. The highest BCUT2D eigenvalue weighted by atomic mass is 16.3. The molecule has 4 aliphatic rings. The maximum atomic E-state index is 10.3. The van der Waals surface area contributed by atoms with Gasteiger partial charge in [0.05, 0.1) is 17.3 Å². The summed E-state index contributed by atoms with van der Waals surface area (Å²) in [5, 5.41) is 19.2. The van der Waals surface area contributed by atoms with Gasteiger partial charge < -0.3 is 5.11 Å². The molecular weight excluding hydrogens is 332 g/mol. The Labute approximate surface area is 160 Å². The fourth-order valence-corrected chi connectivity index (χ4v) is 6.22. The minimum Gasteiger partial charge on any atom is -0.507 e. The van der Waals surface area contributed by atoms with Crippen LogP contribution < -0.4 is 0 Å². The number of hydrogen-bond donors (Lipinski definition) is 1. The second-order valence-electron chi connectivity index (χ2n) is 8.89. The first-order valence-electron chi connectivity index (χ1n) is 10.0. The predicted octanol–water partition coefficient (Wildman–Crippen LogP) is 5.48. The zero-order valence-corrected chi connectivity index (χ0v) is 15.4. The van der Waals surface area contributed by atoms with E-state index in [1.807, 2.05) is 18.2 Å². The standard InChI is InChI=1S/C24H24N2O/c25-14-16-1-4-22(5-2-16)26-15-20-10-21(3-6-23(20)27)24-11-17-7-18(12-24)9-19(8-17)13-24/h1-6,10,15,17-19,27H,7-9,11-13H2. The van der Waals surface area contributed by atoms with Crippen molar-refractivity contribution in [3.8, 4) is 11.8 Å². The average molecular weight is 356 g/mol. The summed E-state index contributed by atoms with van der Waals surface area (Å²) in [5.41, 5.74) is 3.90. The van der Waals surface area contributed by atoms with Gasteiger partial charge in [0, 0.05) is 11.8 Å². The number of benzene rings is 2. The lowest BCUT2D eigenvalue weighted by Crippen LogP contribution is -2.48. The van der Waals surface area contributed by atoms with Crippen molar-refractivity contribution in [1.82, 2.24) is 0 Å². The molecule has 2 aromatic carbocycles. The molecule has 0 heterocycles. The van der Waals surface area contributed by atoms with Gasteiger partial charge in [-0.25, -0.2) is 0 Å². The maximum Gasteiger partial charge on any atom is 0.124 e. The Balaban J connectivity index is 1.45. The molecule has 0 aliphatic heterocycles. The summed E-state index contributed by atoms with van der Waals surface area (Å²) in [7, 11) is 0. The number of hydrogen-bond acceptors (Lipinski definition) is 3. The summed E-state index contributed by atoms with van der Waals surface area (Å²) in [6.45, 7) is 0. The molecular formula is C24H24N2O. The molecule has 0 amide bonds. The molecule has 0 saturated heterocycles. The van der Waals surface area contributed by atoms with Crippen molar-refractivity contribution in [2.24, 2.45) is 22.7 Å². The quantitative estimate of drug-likeness (QED) is 0.740. The summed E-state index contributed by atoms with van der Waals surface area (Å²) in [6, 6.07) is 15.4. The number of rotatable bonds is 3. The first-order valence-corrected chi connectivity index (χ1v) is 10.0. The Morgan fingerprint density at radius 1 is 0.963 bits per heavy atom. The number of aromatic hydroxyl groups is 1. The number of nitriles is 1. The van der Waals surface area contributed by atoms with E-state index >= 15 is 0 Å². The van der Waals surface area contributed by atoms with Gasteiger partial charge in [-0.2, -0.15) is 5.26 Å². The zero-order valence-electron chi connectivity index (χ0n) is 15.4. The highest BCUT2D eigenvalue weighted by molar-refractivity contribution is 5.85. The van der Waals surface area contributed by atoms with Gasteiger partial charge in [-0.05, 0) is 104 Å². The smallest absolute Gasteiger partial charge is 0.124 e. The first kappa shape index (κ1) is 16.6. The summed E-state index contributed by atoms with van der Waals surface area (Å²) in [4.78, 5) is 4.51. The number of aliphatic imine (C=N–C) groups is 1. The SMILES string of the molecule is N#Cc1ccc(N=Cc2cc(C34CC5CC(CC(C5)C3)C4)ccc2O)cc1. The Hall–Kier alpha value is -2.60. The van der Waals surface area contributed by atoms with E-state index in [0.717, 1.165) is 29.0 Å². The largest absolute Gasteiger partial charge is 0.507 e. The zero-order chi connectivity index (χ0) is 18.4. The predicted molar refractivity (Wildman–Crippen MR) is 106 cm³/mol. The van der Waals surface area contributed by atoms with Crippen LogP contribution in [-0.4, -0.2) is 11.3 Å². The van der Waals surface area contributed by atoms with E-state index < -0.39 is 0 Å². The average Bonchev–Trinajstić information content (AvgIpc) is 2.66. The maximum absolute atomic E-state index is 10.3. The molecule has 0 spiro atoms. The van der Waals surface area contributed by atoms with Crippen molar-refractivity contribution in [2.45, 2.75) is 43.9 Å². The van der Waals surface area contributed by atoms with Crippen LogP contribution in [0.15, 0.2) is 47.5 Å². The number of phenols is 1. The van der Waals surface area contributed by atoms with Gasteiger partial charge in [-0.1, -0.05) is 6.07 Å². The third kappa shape index (κ3) is 2.94. The number of nitrogens with zero attached hydrogens (tertiary/aromatic N) is 2. The fraction of sp³-hybridized carbons (Fsp3) is 0.417. The van der Waals surface area contributed by atoms with Crippen LogP contribution in [0.5, 0.6) is 5.75 Å². The minimum absolute atomic E-state index is 0.279. The van der Waals surface area contributed by atoms with Crippen LogP contribution in [0.1, 0.15) is 55.2 Å². The molecule has 27 heavy (non-hydrogen) atoms. The molecule has 4 aliphatic carbocycles. The molecule has 0 aromatic heterocycles. The first-order chi connectivity index (χ1) is 13.1. The molecule has 0 radical (unpaired) electrons. The van der Waals surface area contributed by atoms with Crippen LogP contribution in [0.4, 0.5) is 5.69 Å². The third-order valence-electron chi connectivity index (χ3n) is 7.03. The molecule has 136 valence electrons. The van der Waals surface area contributed by atoms with Gasteiger partial charge in [0.15, 0.2) is 0 Å². The van der Waals surface area contributed by atoms with Crippen LogP contribution in [-0.2, 0) is 5.41 Å². The summed E-state index contributed by atoms with van der Waals surface area (Å²) >= 11 is 0. The molecule has 6 rings (SSSR count). The van der Waals surface area contributed by atoms with Crippen LogP contribution >= 0.6 is 0 Å². The summed E-state index contributed by atoms with van der Waals surface area (Å²) in [6.07, 6.45) is 10.0. The van der Waals surface area contributed by atoms with E-state index in [4.69, 9.17) is 5.26 Å². The fourth-order valence-electron chi connectivity index (χ4n) is 6.22. The molecule has 0 unspecified atom stereocenters. The van der Waals surface area contributed by atoms with Gasteiger partial charge in [-0.15, -0.1) is 0 Å². The molecule has 4 saturated carbocycles. The van der Waals surface area contributed by atoms with Crippen molar-refractivity contribution in [1.29, 1.82) is 5.26 Å². The van der Waals surface area contributed by atoms with E-state index in [9.17, 15) is 5.11 Å². The Morgan fingerprint density at radius 2 is 1.59 bits per heavy atom. The third-order valence-corrected chi connectivity index (χ3v) is 7.03. The molecule has 3 nitrogen and oxygen atoms in total. The summed E-state index contributed by atoms with van der Waals surface area (Å²) in [5.74, 6) is 2.99. The van der Waals surface area contributed by atoms with E-state index in [2.05, 4.69) is 23.2 Å². The lowest BCUT2D eigenvalue weighted by molar-refractivity contribution is -0.00520. The van der Waals surface area contributed by atoms with Crippen molar-refractivity contribution < 1.29 is 5.11 Å². The van der Waals surface area contributed by atoms with E-state index in [0.29, 0.717) is 11.0 Å². The Morgan fingerprint density at radius 3 is 2.19 bits per heavy atom. The highest BCUT2D eigenvalue weighted by Gasteiger charge is 2.51. The molecule has 2 aromatic rings. The second kappa shape index (κ2) is 6.23. The van der Waals surface area contributed by atoms with Crippen molar-refractivity contribution in [3.63, 3.8) is 0 Å². The van der Waals surface area contributed by atoms with E-state index in [1.165, 1.54) is 44.1 Å². The summed E-state index contributed by atoms with van der Waals surface area (Å²) < 4.78 is 0. The minimum atomic E-state index is 0.279.